The number of nitrogens with zero attached hydrogens (tertiary/aromatic N) is 2. The molecule has 0 radical (unpaired) electrons. The highest BCUT2D eigenvalue weighted by Crippen LogP contribution is 2.30. The second kappa shape index (κ2) is 11.1. The first-order valence-corrected chi connectivity index (χ1v) is 8.02. The summed E-state index contributed by atoms with van der Waals surface area (Å²) >= 11 is 0. The average Bonchev–Trinajstić information content (AvgIpc) is 2.73. The van der Waals surface area contributed by atoms with Crippen LogP contribution in [0.15, 0.2) is 36.4 Å². The van der Waals surface area contributed by atoms with E-state index in [1.807, 2.05) is 13.8 Å². The summed E-state index contributed by atoms with van der Waals surface area (Å²) in [5.41, 5.74) is -0.768. The summed E-state index contributed by atoms with van der Waals surface area (Å²) in [4.78, 5) is 44.3. The molecule has 0 aliphatic rings. The van der Waals surface area contributed by atoms with Gasteiger partial charge in [-0.15, -0.1) is 0 Å². The highest BCUT2D eigenvalue weighted by molar-refractivity contribution is 5.94. The summed E-state index contributed by atoms with van der Waals surface area (Å²) in [6.07, 6.45) is 0. The topological polar surface area (TPSA) is 139 Å². The third-order valence-electron chi connectivity index (χ3n) is 3.43. The van der Waals surface area contributed by atoms with Crippen molar-refractivity contribution in [3.63, 3.8) is 0 Å². The van der Waals surface area contributed by atoms with Crippen molar-refractivity contribution in [3.8, 4) is 11.1 Å². The second-order valence-electron chi connectivity index (χ2n) is 5.03. The zero-order valence-corrected chi connectivity index (χ0v) is 15.6. The molecule has 0 saturated carbocycles. The van der Waals surface area contributed by atoms with Gasteiger partial charge in [-0.25, -0.2) is 9.59 Å². The first-order valence-electron chi connectivity index (χ1n) is 8.02. The molecule has 0 amide bonds. The Kier molecular flexibility index (Phi) is 9.66. The number of carbonyl (C=O) groups is 2. The van der Waals surface area contributed by atoms with Crippen LogP contribution in [0, 0.1) is 20.2 Å². The Morgan fingerprint density at radius 1 is 0.724 bits per heavy atom. The maximum absolute atomic E-state index is 11.7. The van der Waals surface area contributed by atoms with Gasteiger partial charge in [-0.05, 0) is 23.3 Å². The summed E-state index contributed by atoms with van der Waals surface area (Å²) < 4.78 is 9.12. The Morgan fingerprint density at radius 2 is 1.03 bits per heavy atom. The fourth-order valence-electron chi connectivity index (χ4n) is 2.24. The lowest BCUT2D eigenvalue weighted by Crippen LogP contribution is -2.04. The van der Waals surface area contributed by atoms with Gasteiger partial charge in [-0.3, -0.25) is 20.2 Å². The Labute approximate surface area is 167 Å². The van der Waals surface area contributed by atoms with Gasteiger partial charge >= 0.3 is 11.9 Å². The molecule has 0 aliphatic heterocycles. The molecule has 2 aromatic rings. The lowest BCUT2D eigenvalue weighted by molar-refractivity contribution is -0.385. The maximum atomic E-state index is 11.7. The molecular weight excluding hydrogens is 384 g/mol. The lowest BCUT2D eigenvalue weighted by Gasteiger charge is -2.07. The molecule has 0 aromatic heterocycles. The number of hydrogen-bond acceptors (Lipinski definition) is 8. The summed E-state index contributed by atoms with van der Waals surface area (Å²) in [5.74, 6) is -1.62. The zero-order chi connectivity index (χ0) is 21.4. The average molecular weight is 406 g/mol. The van der Waals surface area contributed by atoms with E-state index in [0.717, 1.165) is 38.5 Å². The SMILES string of the molecule is C.CC.COC(=O)c1cc(-c2cc(C(=O)OC)cc([N+](=O)[O-])c2)cc([N+](=O)[O-])c1. The number of esters is 2. The van der Waals surface area contributed by atoms with E-state index in [2.05, 4.69) is 9.47 Å². The number of nitro benzene ring substituents is 2. The van der Waals surface area contributed by atoms with Crippen molar-refractivity contribution in [1.82, 2.24) is 0 Å². The summed E-state index contributed by atoms with van der Waals surface area (Å²) in [6.45, 7) is 4.00. The van der Waals surface area contributed by atoms with Gasteiger partial charge in [0.15, 0.2) is 0 Å². The molecule has 0 bridgehead atoms. The molecular formula is C19H22N2O8. The Hall–Kier alpha value is -3.82. The maximum Gasteiger partial charge on any atom is 0.338 e. The monoisotopic (exact) mass is 406 g/mol. The highest BCUT2D eigenvalue weighted by Gasteiger charge is 2.20. The van der Waals surface area contributed by atoms with Crippen LogP contribution in [0.1, 0.15) is 42.0 Å². The number of rotatable bonds is 5. The molecule has 0 fully saturated rings. The minimum absolute atomic E-state index is 0. The second-order valence-corrected chi connectivity index (χ2v) is 5.03. The number of ether oxygens (including phenoxy) is 2. The lowest BCUT2D eigenvalue weighted by atomic mass is 9.99. The Bertz CT molecular complexity index is 849. The van der Waals surface area contributed by atoms with E-state index in [1.54, 1.807) is 0 Å². The van der Waals surface area contributed by atoms with Crippen LogP contribution >= 0.6 is 0 Å². The number of nitro groups is 2. The number of methoxy groups -OCH3 is 2. The molecule has 0 aliphatic carbocycles. The van der Waals surface area contributed by atoms with E-state index < -0.39 is 33.2 Å². The molecule has 10 nitrogen and oxygen atoms in total. The van der Waals surface area contributed by atoms with Crippen molar-refractivity contribution >= 4 is 23.3 Å². The Morgan fingerprint density at radius 3 is 1.28 bits per heavy atom. The van der Waals surface area contributed by atoms with Gasteiger partial charge in [-0.2, -0.15) is 0 Å². The molecule has 156 valence electrons. The highest BCUT2D eigenvalue weighted by atomic mass is 16.6. The van der Waals surface area contributed by atoms with Gasteiger partial charge in [0.2, 0.25) is 0 Å². The van der Waals surface area contributed by atoms with Crippen molar-refractivity contribution < 1.29 is 28.9 Å². The molecule has 0 atom stereocenters. The van der Waals surface area contributed by atoms with Crippen molar-refractivity contribution in [3.05, 3.63) is 67.8 Å². The largest absolute Gasteiger partial charge is 0.465 e. The number of non-ortho nitro benzene ring substituents is 2. The molecule has 0 heterocycles. The molecule has 0 N–H and O–H groups in total. The molecule has 0 spiro atoms. The van der Waals surface area contributed by atoms with Crippen LogP contribution < -0.4 is 0 Å². The first kappa shape index (κ1) is 25.2. The first-order chi connectivity index (χ1) is 13.3. The van der Waals surface area contributed by atoms with Crippen LogP contribution in [-0.2, 0) is 9.47 Å². The predicted octanol–water partition coefficient (Wildman–Crippen LogP) is 4.41. The van der Waals surface area contributed by atoms with Gasteiger partial charge in [0.05, 0.1) is 35.2 Å². The minimum atomic E-state index is -0.812. The molecule has 29 heavy (non-hydrogen) atoms. The minimum Gasteiger partial charge on any atom is -0.465 e. The standard InChI is InChI=1S/C16H12N2O8.C2H6.CH4/c1-25-15(19)11-3-9(5-13(7-11)17(21)22)10-4-12(16(20)26-2)8-14(6-10)18(23)24;1-2;/h3-8H,1-2H3;1-2H3;1H4. The van der Waals surface area contributed by atoms with Gasteiger partial charge in [0.1, 0.15) is 0 Å². The quantitative estimate of drug-likeness (QED) is 0.404. The van der Waals surface area contributed by atoms with Crippen LogP contribution in [0.3, 0.4) is 0 Å². The number of benzene rings is 2. The number of hydrogen-bond donors (Lipinski definition) is 0. The van der Waals surface area contributed by atoms with Crippen LogP contribution in [0.2, 0.25) is 0 Å². The smallest absolute Gasteiger partial charge is 0.338 e. The van der Waals surface area contributed by atoms with Gasteiger partial charge in [0.25, 0.3) is 11.4 Å². The van der Waals surface area contributed by atoms with Gasteiger partial charge in [0, 0.05) is 24.3 Å². The van der Waals surface area contributed by atoms with Crippen molar-refractivity contribution in [2.75, 3.05) is 14.2 Å². The molecule has 10 heteroatoms. The molecule has 0 unspecified atom stereocenters. The van der Waals surface area contributed by atoms with E-state index in [-0.39, 0.29) is 29.7 Å². The van der Waals surface area contributed by atoms with Gasteiger partial charge < -0.3 is 9.47 Å². The van der Waals surface area contributed by atoms with E-state index >= 15 is 0 Å². The molecule has 0 saturated heterocycles. The van der Waals surface area contributed by atoms with E-state index in [4.69, 9.17) is 0 Å². The van der Waals surface area contributed by atoms with E-state index in [9.17, 15) is 29.8 Å². The van der Waals surface area contributed by atoms with Crippen LogP contribution in [0.4, 0.5) is 11.4 Å². The summed E-state index contributed by atoms with van der Waals surface area (Å²) in [7, 11) is 2.23. The van der Waals surface area contributed by atoms with Crippen LogP contribution in [-0.4, -0.2) is 36.0 Å². The summed E-state index contributed by atoms with van der Waals surface area (Å²) in [6, 6.07) is 6.86. The van der Waals surface area contributed by atoms with Gasteiger partial charge in [-0.1, -0.05) is 21.3 Å². The third kappa shape index (κ3) is 6.09. The number of carbonyl (C=O) groups excluding carboxylic acids is 2. The van der Waals surface area contributed by atoms with E-state index in [1.165, 1.54) is 12.1 Å². The normalized spacial score (nSPS) is 9.24. The van der Waals surface area contributed by atoms with Crippen molar-refractivity contribution in [2.45, 2.75) is 21.3 Å². The van der Waals surface area contributed by atoms with Crippen LogP contribution in [0.5, 0.6) is 0 Å². The van der Waals surface area contributed by atoms with E-state index in [0.29, 0.717) is 0 Å². The van der Waals surface area contributed by atoms with Crippen LogP contribution in [0.25, 0.3) is 11.1 Å². The molecule has 2 rings (SSSR count). The van der Waals surface area contributed by atoms with Crippen molar-refractivity contribution in [1.29, 1.82) is 0 Å². The zero-order valence-electron chi connectivity index (χ0n) is 15.6. The molecule has 2 aromatic carbocycles. The fraction of sp³-hybridized carbons (Fsp3) is 0.263. The van der Waals surface area contributed by atoms with Crippen molar-refractivity contribution in [2.24, 2.45) is 0 Å². The third-order valence-corrected chi connectivity index (χ3v) is 3.43. The summed E-state index contributed by atoms with van der Waals surface area (Å²) in [5, 5.41) is 22.2. The Balaban J connectivity index is 0.00000253. The predicted molar refractivity (Wildman–Crippen MR) is 106 cm³/mol. The fourth-order valence-corrected chi connectivity index (χ4v) is 2.24.